The molecule has 0 spiro atoms. The standard InChI is InChI=1S/C35H44N4O6/c36-30-6-1-2-7-31(30)38-34(43)9-3-8-33(42)37-20-24-10-16-27(17-11-24)35-44-29(21-39-18-4-5-28(39)23-41)19-32(45-35)26-14-12-25(22-40)13-15-26/h1-2,6-7,10-17,28-29,32,35,40-41H,3-5,8-9,18-23,36H2,(H,37,42)(H,38,43)/t28-,29-,32+,35+/m0/s1. The van der Waals surface area contributed by atoms with E-state index < -0.39 is 6.29 Å². The lowest BCUT2D eigenvalue weighted by Crippen LogP contribution is -2.42. The number of anilines is 2. The van der Waals surface area contributed by atoms with Gasteiger partial charge in [-0.3, -0.25) is 14.5 Å². The summed E-state index contributed by atoms with van der Waals surface area (Å²) in [6.45, 7) is 2.19. The van der Waals surface area contributed by atoms with E-state index in [0.29, 0.717) is 30.8 Å². The van der Waals surface area contributed by atoms with E-state index in [4.69, 9.17) is 15.2 Å². The monoisotopic (exact) mass is 616 g/mol. The molecule has 2 aliphatic heterocycles. The molecule has 6 N–H and O–H groups in total. The summed E-state index contributed by atoms with van der Waals surface area (Å²) in [5, 5.41) is 25.0. The normalized spacial score (nSPS) is 21.8. The van der Waals surface area contributed by atoms with E-state index in [-0.39, 0.29) is 56.1 Å². The van der Waals surface area contributed by atoms with Crippen LogP contribution < -0.4 is 16.4 Å². The lowest BCUT2D eigenvalue weighted by molar-refractivity contribution is -0.253. The number of aliphatic hydroxyl groups excluding tert-OH is 2. The predicted octanol–water partition coefficient (Wildman–Crippen LogP) is 4.19. The topological polar surface area (TPSA) is 146 Å². The van der Waals surface area contributed by atoms with Gasteiger partial charge in [-0.05, 0) is 54.6 Å². The maximum atomic E-state index is 12.4. The van der Waals surface area contributed by atoms with Crippen LogP contribution in [0.15, 0.2) is 72.8 Å². The number of para-hydroxylation sites is 2. The third-order valence-corrected chi connectivity index (χ3v) is 8.55. The van der Waals surface area contributed by atoms with Gasteiger partial charge in [0.25, 0.3) is 0 Å². The van der Waals surface area contributed by atoms with Crippen LogP contribution in [0.5, 0.6) is 0 Å². The number of aliphatic hydroxyl groups is 2. The van der Waals surface area contributed by atoms with E-state index in [1.54, 1.807) is 24.3 Å². The zero-order valence-electron chi connectivity index (χ0n) is 25.6. The molecule has 2 fully saturated rings. The highest BCUT2D eigenvalue weighted by atomic mass is 16.7. The Morgan fingerprint density at radius 2 is 1.60 bits per heavy atom. The van der Waals surface area contributed by atoms with E-state index in [9.17, 15) is 19.8 Å². The van der Waals surface area contributed by atoms with E-state index >= 15 is 0 Å². The summed E-state index contributed by atoms with van der Waals surface area (Å²) in [6, 6.07) is 22.9. The average Bonchev–Trinajstić information content (AvgIpc) is 3.52. The Balaban J connectivity index is 1.13. The van der Waals surface area contributed by atoms with Crippen LogP contribution in [0.25, 0.3) is 0 Å². The van der Waals surface area contributed by atoms with Crippen molar-refractivity contribution >= 4 is 23.2 Å². The molecule has 3 aromatic carbocycles. The molecule has 0 aliphatic carbocycles. The number of nitrogens with zero attached hydrogens (tertiary/aromatic N) is 1. The molecule has 0 radical (unpaired) electrons. The maximum Gasteiger partial charge on any atom is 0.224 e. The Bertz CT molecular complexity index is 1400. The van der Waals surface area contributed by atoms with Crippen LogP contribution in [-0.2, 0) is 32.2 Å². The number of hydrogen-bond donors (Lipinski definition) is 5. The SMILES string of the molecule is Nc1ccccc1NC(=O)CCCC(=O)NCc1ccc([C@@H]2O[C@H](CN3CCC[C@H]3CO)C[C@H](c3ccc(CO)cc3)O2)cc1. The third-order valence-electron chi connectivity index (χ3n) is 8.55. The lowest BCUT2D eigenvalue weighted by atomic mass is 9.99. The molecule has 0 saturated carbocycles. The molecule has 3 aromatic rings. The summed E-state index contributed by atoms with van der Waals surface area (Å²) in [6.07, 6.45) is 2.83. The first kappa shape index (κ1) is 32.6. The zero-order chi connectivity index (χ0) is 31.6. The number of nitrogens with one attached hydrogen (secondary N) is 2. The molecule has 0 bridgehead atoms. The highest BCUT2D eigenvalue weighted by molar-refractivity contribution is 5.93. The van der Waals surface area contributed by atoms with Crippen molar-refractivity contribution in [1.29, 1.82) is 0 Å². The van der Waals surface area contributed by atoms with Crippen LogP contribution in [0, 0.1) is 0 Å². The van der Waals surface area contributed by atoms with Gasteiger partial charge in [-0.2, -0.15) is 0 Å². The van der Waals surface area contributed by atoms with Gasteiger partial charge in [-0.25, -0.2) is 0 Å². The van der Waals surface area contributed by atoms with Crippen molar-refractivity contribution in [1.82, 2.24) is 10.2 Å². The molecule has 4 atom stereocenters. The second-order valence-corrected chi connectivity index (χ2v) is 11.8. The van der Waals surface area contributed by atoms with Crippen LogP contribution in [0.1, 0.15) is 73.2 Å². The van der Waals surface area contributed by atoms with Gasteiger partial charge in [0.15, 0.2) is 6.29 Å². The molecule has 2 aliphatic rings. The van der Waals surface area contributed by atoms with Gasteiger partial charge < -0.3 is 36.1 Å². The molecule has 45 heavy (non-hydrogen) atoms. The molecule has 10 nitrogen and oxygen atoms in total. The Kier molecular flexibility index (Phi) is 11.6. The number of rotatable bonds is 13. The summed E-state index contributed by atoms with van der Waals surface area (Å²) in [5.74, 6) is -0.296. The van der Waals surface area contributed by atoms with E-state index in [1.807, 2.05) is 48.5 Å². The maximum absolute atomic E-state index is 12.4. The van der Waals surface area contributed by atoms with Crippen LogP contribution in [0.3, 0.4) is 0 Å². The highest BCUT2D eigenvalue weighted by Crippen LogP contribution is 2.38. The number of ether oxygens (including phenoxy) is 2. The second-order valence-electron chi connectivity index (χ2n) is 11.8. The first-order valence-electron chi connectivity index (χ1n) is 15.8. The van der Waals surface area contributed by atoms with Crippen molar-refractivity contribution < 1.29 is 29.3 Å². The number of benzene rings is 3. The minimum absolute atomic E-state index is 0.00762. The molecule has 240 valence electrons. The third kappa shape index (κ3) is 9.12. The molecular weight excluding hydrogens is 572 g/mol. The first-order chi connectivity index (χ1) is 21.9. The van der Waals surface area contributed by atoms with Gasteiger partial charge in [0.05, 0.1) is 36.8 Å². The van der Waals surface area contributed by atoms with E-state index in [0.717, 1.165) is 48.2 Å². The minimum atomic E-state index is -0.567. The number of carbonyl (C=O) groups excluding carboxylic acids is 2. The lowest BCUT2D eigenvalue weighted by Gasteiger charge is -2.38. The zero-order valence-corrected chi connectivity index (χ0v) is 25.6. The summed E-state index contributed by atoms with van der Waals surface area (Å²) < 4.78 is 12.9. The Morgan fingerprint density at radius 3 is 2.33 bits per heavy atom. The van der Waals surface area contributed by atoms with Crippen molar-refractivity contribution in [2.24, 2.45) is 0 Å². The number of nitrogens with two attached hydrogens (primary N) is 1. The van der Waals surface area contributed by atoms with Crippen molar-refractivity contribution in [3.63, 3.8) is 0 Å². The summed E-state index contributed by atoms with van der Waals surface area (Å²) in [7, 11) is 0. The van der Waals surface area contributed by atoms with Crippen molar-refractivity contribution in [3.8, 4) is 0 Å². The summed E-state index contributed by atoms with van der Waals surface area (Å²) in [5.41, 5.74) is 10.7. The van der Waals surface area contributed by atoms with Gasteiger partial charge in [0.1, 0.15) is 0 Å². The largest absolute Gasteiger partial charge is 0.397 e. The van der Waals surface area contributed by atoms with Gasteiger partial charge in [0.2, 0.25) is 11.8 Å². The molecular formula is C35H44N4O6. The van der Waals surface area contributed by atoms with Crippen LogP contribution in [-0.4, -0.2) is 58.8 Å². The molecule has 10 heteroatoms. The first-order valence-corrected chi connectivity index (χ1v) is 15.8. The molecule has 0 aromatic heterocycles. The van der Waals surface area contributed by atoms with E-state index in [1.165, 1.54) is 0 Å². The second kappa shape index (κ2) is 16.0. The Hall–Kier alpha value is -3.80. The van der Waals surface area contributed by atoms with Crippen LogP contribution in [0.2, 0.25) is 0 Å². The fourth-order valence-electron chi connectivity index (χ4n) is 5.95. The summed E-state index contributed by atoms with van der Waals surface area (Å²) in [4.78, 5) is 26.9. The number of nitrogen functional groups attached to an aromatic ring is 1. The smallest absolute Gasteiger partial charge is 0.224 e. The molecule has 5 rings (SSSR count). The molecule has 0 unspecified atom stereocenters. The summed E-state index contributed by atoms with van der Waals surface area (Å²) >= 11 is 0. The van der Waals surface area contributed by atoms with Crippen LogP contribution >= 0.6 is 0 Å². The Labute approximate surface area is 264 Å². The molecule has 2 saturated heterocycles. The van der Waals surface area contributed by atoms with Gasteiger partial charge in [0, 0.05) is 44.0 Å². The number of carbonyl (C=O) groups is 2. The van der Waals surface area contributed by atoms with Gasteiger partial charge in [-0.1, -0.05) is 60.7 Å². The molecule has 2 heterocycles. The van der Waals surface area contributed by atoms with Crippen molar-refractivity contribution in [2.45, 2.75) is 76.2 Å². The molecule has 2 amide bonds. The van der Waals surface area contributed by atoms with Crippen LogP contribution in [0.4, 0.5) is 11.4 Å². The van der Waals surface area contributed by atoms with E-state index in [2.05, 4.69) is 15.5 Å². The van der Waals surface area contributed by atoms with Crippen molar-refractivity contribution in [3.05, 3.63) is 95.1 Å². The fraction of sp³-hybridized carbons (Fsp3) is 0.429. The van der Waals surface area contributed by atoms with Gasteiger partial charge in [-0.15, -0.1) is 0 Å². The van der Waals surface area contributed by atoms with Gasteiger partial charge >= 0.3 is 0 Å². The highest BCUT2D eigenvalue weighted by Gasteiger charge is 2.35. The quantitative estimate of drug-likeness (QED) is 0.180. The number of likely N-dealkylation sites (tertiary alicyclic amines) is 1. The Morgan fingerprint density at radius 1 is 0.889 bits per heavy atom. The number of amides is 2. The minimum Gasteiger partial charge on any atom is -0.397 e. The predicted molar refractivity (Wildman–Crippen MR) is 172 cm³/mol. The number of hydrogen-bond acceptors (Lipinski definition) is 8. The average molecular weight is 617 g/mol. The van der Waals surface area contributed by atoms with Crippen molar-refractivity contribution in [2.75, 3.05) is 30.7 Å². The fourth-order valence-corrected chi connectivity index (χ4v) is 5.95.